The van der Waals surface area contributed by atoms with E-state index in [1.807, 2.05) is 30.3 Å². The summed E-state index contributed by atoms with van der Waals surface area (Å²) in [5.41, 5.74) is 1.52. The number of amides is 2. The van der Waals surface area contributed by atoms with E-state index in [4.69, 9.17) is 16.0 Å². The maximum absolute atomic E-state index is 13.2. The Morgan fingerprint density at radius 3 is 2.45 bits per heavy atom. The summed E-state index contributed by atoms with van der Waals surface area (Å²) in [6, 6.07) is 19.8. The summed E-state index contributed by atoms with van der Waals surface area (Å²) < 4.78 is 5.92. The highest BCUT2D eigenvalue weighted by molar-refractivity contribution is 6.30. The molecule has 2 aromatic carbocycles. The van der Waals surface area contributed by atoms with Gasteiger partial charge in [0.1, 0.15) is 17.2 Å². The van der Waals surface area contributed by atoms with Crippen LogP contribution in [0.5, 0.6) is 0 Å². The van der Waals surface area contributed by atoms with Gasteiger partial charge in [0.2, 0.25) is 0 Å². The van der Waals surface area contributed by atoms with Gasteiger partial charge in [-0.1, -0.05) is 41.9 Å². The van der Waals surface area contributed by atoms with E-state index >= 15 is 0 Å². The smallest absolute Gasteiger partial charge is 0.270 e. The van der Waals surface area contributed by atoms with Crippen molar-refractivity contribution in [2.24, 2.45) is 0 Å². The Hall–Kier alpha value is -3.31. The molecule has 1 aliphatic heterocycles. The lowest BCUT2D eigenvalue weighted by Gasteiger charge is -2.27. The molecule has 1 saturated heterocycles. The van der Waals surface area contributed by atoms with Crippen LogP contribution in [-0.4, -0.2) is 29.8 Å². The lowest BCUT2D eigenvalue weighted by Crippen LogP contribution is -2.41. The maximum atomic E-state index is 13.2. The van der Waals surface area contributed by atoms with E-state index < -0.39 is 0 Å². The van der Waals surface area contributed by atoms with Crippen molar-refractivity contribution in [1.29, 1.82) is 0 Å². The van der Waals surface area contributed by atoms with Gasteiger partial charge in [0.25, 0.3) is 11.8 Å². The third kappa shape index (κ3) is 5.25. The molecule has 158 valence electrons. The van der Waals surface area contributed by atoms with Gasteiger partial charge in [0.05, 0.1) is 0 Å². The van der Waals surface area contributed by atoms with Gasteiger partial charge >= 0.3 is 0 Å². The molecule has 0 unspecified atom stereocenters. The van der Waals surface area contributed by atoms with Crippen molar-refractivity contribution >= 4 is 29.5 Å². The van der Waals surface area contributed by atoms with E-state index in [1.165, 1.54) is 0 Å². The summed E-state index contributed by atoms with van der Waals surface area (Å²) in [6.45, 7) is 1.37. The number of carbonyl (C=O) groups is 2. The second-order valence-corrected chi connectivity index (χ2v) is 7.88. The minimum Gasteiger partial charge on any atom is -0.457 e. The monoisotopic (exact) mass is 434 g/mol. The molecule has 1 N–H and O–H groups in total. The molecule has 1 fully saturated rings. The van der Waals surface area contributed by atoms with E-state index in [9.17, 15) is 9.59 Å². The Morgan fingerprint density at radius 2 is 1.71 bits per heavy atom. The molecule has 0 radical (unpaired) electrons. The molecule has 1 aromatic heterocycles. The number of likely N-dealkylation sites (tertiary alicyclic amines) is 1. The summed E-state index contributed by atoms with van der Waals surface area (Å²) in [5.74, 6) is 0.570. The quantitative estimate of drug-likeness (QED) is 0.548. The van der Waals surface area contributed by atoms with Gasteiger partial charge in [-0.15, -0.1) is 0 Å². The number of carbonyl (C=O) groups excluding carboxylic acids is 2. The first-order chi connectivity index (χ1) is 15.1. The number of furan rings is 1. The van der Waals surface area contributed by atoms with Crippen molar-refractivity contribution in [3.8, 4) is 11.3 Å². The zero-order chi connectivity index (χ0) is 21.6. The number of hydrogen-bond donors (Lipinski definition) is 1. The fourth-order valence-electron chi connectivity index (χ4n) is 3.57. The molecule has 2 amide bonds. The van der Waals surface area contributed by atoms with Crippen LogP contribution in [0.4, 0.5) is 0 Å². The topological polar surface area (TPSA) is 62.6 Å². The fraction of sp³-hybridized carbons (Fsp3) is 0.200. The number of benzene rings is 2. The highest BCUT2D eigenvalue weighted by Crippen LogP contribution is 2.26. The van der Waals surface area contributed by atoms with Crippen molar-refractivity contribution in [1.82, 2.24) is 10.2 Å². The van der Waals surface area contributed by atoms with E-state index in [2.05, 4.69) is 5.32 Å². The molecular formula is C25H23ClN2O3. The van der Waals surface area contributed by atoms with Gasteiger partial charge in [0, 0.05) is 35.3 Å². The molecule has 5 nitrogen and oxygen atoms in total. The lowest BCUT2D eigenvalue weighted by molar-refractivity contribution is -0.128. The van der Waals surface area contributed by atoms with Crippen LogP contribution in [0.1, 0.15) is 35.4 Å². The van der Waals surface area contributed by atoms with Crippen molar-refractivity contribution < 1.29 is 14.0 Å². The highest BCUT2D eigenvalue weighted by Gasteiger charge is 2.23. The van der Waals surface area contributed by atoms with Crippen LogP contribution in [0.25, 0.3) is 17.4 Å². The lowest BCUT2D eigenvalue weighted by atomic mass is 10.1. The zero-order valence-corrected chi connectivity index (χ0v) is 17.8. The Bertz CT molecular complexity index is 1100. The SMILES string of the molecule is O=C(N/C(=C\c1ccc(-c2cccc(Cl)c2)o1)C(=O)N1CCCCC1)c1ccccc1. The van der Waals surface area contributed by atoms with Crippen LogP contribution in [0, 0.1) is 0 Å². The van der Waals surface area contributed by atoms with Crippen LogP contribution in [0.2, 0.25) is 5.02 Å². The van der Waals surface area contributed by atoms with E-state index in [0.717, 1.165) is 24.8 Å². The number of rotatable bonds is 5. The Kier molecular flexibility index (Phi) is 6.53. The van der Waals surface area contributed by atoms with Crippen molar-refractivity contribution in [3.63, 3.8) is 0 Å². The van der Waals surface area contributed by atoms with Gasteiger partial charge in [-0.05, 0) is 55.7 Å². The molecule has 6 heteroatoms. The third-order valence-electron chi connectivity index (χ3n) is 5.18. The molecular weight excluding hydrogens is 412 g/mol. The predicted octanol–water partition coefficient (Wildman–Crippen LogP) is 5.38. The summed E-state index contributed by atoms with van der Waals surface area (Å²) in [4.78, 5) is 27.7. The van der Waals surface area contributed by atoms with Gasteiger partial charge in [0.15, 0.2) is 0 Å². The van der Waals surface area contributed by atoms with Gasteiger partial charge in [-0.3, -0.25) is 9.59 Å². The highest BCUT2D eigenvalue weighted by atomic mass is 35.5. The molecule has 0 bridgehead atoms. The molecule has 1 aliphatic rings. The summed E-state index contributed by atoms with van der Waals surface area (Å²) in [5, 5.41) is 3.40. The van der Waals surface area contributed by atoms with E-state index in [0.29, 0.717) is 35.2 Å². The number of hydrogen-bond acceptors (Lipinski definition) is 3. The van der Waals surface area contributed by atoms with Crippen molar-refractivity contribution in [2.45, 2.75) is 19.3 Å². The second kappa shape index (κ2) is 9.67. The third-order valence-corrected chi connectivity index (χ3v) is 5.42. The Balaban J connectivity index is 1.62. The predicted molar refractivity (Wildman–Crippen MR) is 121 cm³/mol. The number of halogens is 1. The molecule has 31 heavy (non-hydrogen) atoms. The van der Waals surface area contributed by atoms with Crippen molar-refractivity contribution in [3.05, 3.63) is 88.8 Å². The first-order valence-electron chi connectivity index (χ1n) is 10.3. The van der Waals surface area contributed by atoms with Crippen LogP contribution in [0.15, 0.2) is 76.8 Å². The molecule has 4 rings (SSSR count). The van der Waals surface area contributed by atoms with Crippen LogP contribution < -0.4 is 5.32 Å². The van der Waals surface area contributed by atoms with E-state index in [-0.39, 0.29) is 17.5 Å². The van der Waals surface area contributed by atoms with Crippen LogP contribution >= 0.6 is 11.6 Å². The summed E-state index contributed by atoms with van der Waals surface area (Å²) in [7, 11) is 0. The second-order valence-electron chi connectivity index (χ2n) is 7.44. The minimum absolute atomic E-state index is 0.197. The summed E-state index contributed by atoms with van der Waals surface area (Å²) >= 11 is 6.08. The number of piperidine rings is 1. The summed E-state index contributed by atoms with van der Waals surface area (Å²) in [6.07, 6.45) is 4.63. The van der Waals surface area contributed by atoms with Gasteiger partial charge < -0.3 is 14.6 Å². The molecule has 2 heterocycles. The first kappa shape index (κ1) is 20.9. The Morgan fingerprint density at radius 1 is 0.935 bits per heavy atom. The van der Waals surface area contributed by atoms with Gasteiger partial charge in [-0.2, -0.15) is 0 Å². The first-order valence-corrected chi connectivity index (χ1v) is 10.7. The largest absolute Gasteiger partial charge is 0.457 e. The standard InChI is InChI=1S/C25H23ClN2O3/c26-20-11-7-10-19(16-20)23-13-12-21(31-23)17-22(25(30)28-14-5-2-6-15-28)27-24(29)18-8-3-1-4-9-18/h1,3-4,7-13,16-17H,2,5-6,14-15H2,(H,27,29)/b22-17-. The number of nitrogens with zero attached hydrogens (tertiary/aromatic N) is 1. The molecule has 3 aromatic rings. The fourth-order valence-corrected chi connectivity index (χ4v) is 3.76. The zero-order valence-electron chi connectivity index (χ0n) is 17.0. The van der Waals surface area contributed by atoms with Gasteiger partial charge in [-0.25, -0.2) is 0 Å². The normalized spacial score (nSPS) is 14.4. The molecule has 0 saturated carbocycles. The average molecular weight is 435 g/mol. The molecule has 0 spiro atoms. The number of nitrogens with one attached hydrogen (secondary N) is 1. The van der Waals surface area contributed by atoms with Crippen LogP contribution in [0.3, 0.4) is 0 Å². The van der Waals surface area contributed by atoms with E-state index in [1.54, 1.807) is 47.4 Å². The van der Waals surface area contributed by atoms with Crippen LogP contribution in [-0.2, 0) is 4.79 Å². The van der Waals surface area contributed by atoms with Crippen molar-refractivity contribution in [2.75, 3.05) is 13.1 Å². The maximum Gasteiger partial charge on any atom is 0.270 e. The molecule has 0 aliphatic carbocycles. The minimum atomic E-state index is -0.334. The Labute approximate surface area is 186 Å². The molecule has 0 atom stereocenters. The average Bonchev–Trinajstić information content (AvgIpc) is 3.28.